The molecule has 0 atom stereocenters. The predicted octanol–water partition coefficient (Wildman–Crippen LogP) is 6.27. The Morgan fingerprint density at radius 2 is 1.93 bits per heavy atom. The molecule has 0 saturated carbocycles. The topological polar surface area (TPSA) is 39.9 Å². The van der Waals surface area contributed by atoms with Crippen LogP contribution in [0.4, 0.5) is 4.39 Å². The second kappa shape index (κ2) is 9.15. The highest BCUT2D eigenvalue weighted by Crippen LogP contribution is 2.30. The van der Waals surface area contributed by atoms with Crippen LogP contribution in [0.25, 0.3) is 0 Å². The van der Waals surface area contributed by atoms with Crippen LogP contribution in [0.15, 0.2) is 41.6 Å². The van der Waals surface area contributed by atoms with Crippen molar-refractivity contribution in [3.8, 4) is 5.75 Å². The molecule has 0 bridgehead atoms. The first-order valence-electron chi connectivity index (χ1n) is 8.05. The maximum Gasteiger partial charge on any atom is 0.191 e. The van der Waals surface area contributed by atoms with Crippen molar-refractivity contribution in [3.63, 3.8) is 0 Å². The van der Waals surface area contributed by atoms with Gasteiger partial charge in [0.05, 0.1) is 5.02 Å². The fourth-order valence-electron chi connectivity index (χ4n) is 2.39. The van der Waals surface area contributed by atoms with E-state index >= 15 is 0 Å². The molecule has 0 unspecified atom stereocenters. The summed E-state index contributed by atoms with van der Waals surface area (Å²) in [7, 11) is 0. The van der Waals surface area contributed by atoms with Crippen molar-refractivity contribution in [1.82, 2.24) is 14.8 Å². The molecule has 0 N–H and O–H groups in total. The van der Waals surface area contributed by atoms with Gasteiger partial charge in [-0.05, 0) is 37.3 Å². The van der Waals surface area contributed by atoms with E-state index in [2.05, 4.69) is 10.2 Å². The van der Waals surface area contributed by atoms with Gasteiger partial charge in [-0.25, -0.2) is 4.39 Å². The third-order valence-electron chi connectivity index (χ3n) is 3.77. The number of thioether (sulfide) groups is 1. The number of hydrogen-bond donors (Lipinski definition) is 0. The highest BCUT2D eigenvalue weighted by atomic mass is 35.5. The van der Waals surface area contributed by atoms with Crippen molar-refractivity contribution < 1.29 is 9.13 Å². The molecule has 3 rings (SSSR count). The lowest BCUT2D eigenvalue weighted by Gasteiger charge is -2.10. The Balaban J connectivity index is 1.71. The first kappa shape index (κ1) is 20.3. The smallest absolute Gasteiger partial charge is 0.191 e. The third kappa shape index (κ3) is 4.88. The molecule has 0 aliphatic rings. The van der Waals surface area contributed by atoms with Gasteiger partial charge in [0.25, 0.3) is 0 Å². The first-order valence-corrected chi connectivity index (χ1v) is 10.2. The monoisotopic (exact) mass is 445 g/mol. The second-order valence-electron chi connectivity index (χ2n) is 5.50. The average Bonchev–Trinajstić information content (AvgIpc) is 3.02. The molecule has 142 valence electrons. The quantitative estimate of drug-likeness (QED) is 0.401. The molecule has 9 heteroatoms. The maximum atomic E-state index is 13.9. The fraction of sp³-hybridized carbons (Fsp3) is 0.222. The summed E-state index contributed by atoms with van der Waals surface area (Å²) >= 11 is 19.5. The average molecular weight is 447 g/mol. The van der Waals surface area contributed by atoms with Gasteiger partial charge in [-0.15, -0.1) is 10.2 Å². The molecule has 1 aromatic heterocycles. The van der Waals surface area contributed by atoms with Gasteiger partial charge < -0.3 is 9.30 Å². The first-order chi connectivity index (χ1) is 13.0. The Labute approximate surface area is 175 Å². The summed E-state index contributed by atoms with van der Waals surface area (Å²) in [4.78, 5) is 0. The van der Waals surface area contributed by atoms with Crippen molar-refractivity contribution in [2.45, 2.75) is 31.0 Å². The van der Waals surface area contributed by atoms with Gasteiger partial charge in [-0.2, -0.15) is 0 Å². The van der Waals surface area contributed by atoms with E-state index in [9.17, 15) is 4.39 Å². The van der Waals surface area contributed by atoms with Gasteiger partial charge in [0.15, 0.2) is 11.0 Å². The Morgan fingerprint density at radius 3 is 2.63 bits per heavy atom. The molecule has 0 saturated heterocycles. The molecule has 0 amide bonds. The van der Waals surface area contributed by atoms with Crippen LogP contribution in [0.2, 0.25) is 15.1 Å². The van der Waals surface area contributed by atoms with E-state index in [0.717, 1.165) is 0 Å². The van der Waals surface area contributed by atoms with Crippen molar-refractivity contribution in [1.29, 1.82) is 0 Å². The van der Waals surface area contributed by atoms with Crippen LogP contribution < -0.4 is 4.74 Å². The molecule has 27 heavy (non-hydrogen) atoms. The molecule has 4 nitrogen and oxygen atoms in total. The summed E-state index contributed by atoms with van der Waals surface area (Å²) in [5.74, 6) is 1.18. The Bertz CT molecular complexity index is 931. The summed E-state index contributed by atoms with van der Waals surface area (Å²) in [6, 6.07) is 9.65. The number of ether oxygens (including phenoxy) is 1. The highest BCUT2D eigenvalue weighted by Gasteiger charge is 2.15. The van der Waals surface area contributed by atoms with Crippen molar-refractivity contribution in [2.24, 2.45) is 0 Å². The minimum absolute atomic E-state index is 0.198. The normalized spacial score (nSPS) is 11.0. The molecular weight excluding hydrogens is 432 g/mol. The van der Waals surface area contributed by atoms with Gasteiger partial charge >= 0.3 is 0 Å². The van der Waals surface area contributed by atoms with Crippen LogP contribution in [0.1, 0.15) is 18.3 Å². The zero-order valence-electron chi connectivity index (χ0n) is 14.3. The predicted molar refractivity (Wildman–Crippen MR) is 107 cm³/mol. The second-order valence-corrected chi connectivity index (χ2v) is 7.69. The fourth-order valence-corrected chi connectivity index (χ4v) is 4.22. The molecule has 0 fully saturated rings. The highest BCUT2D eigenvalue weighted by molar-refractivity contribution is 7.98. The van der Waals surface area contributed by atoms with Gasteiger partial charge in [0.2, 0.25) is 0 Å². The minimum atomic E-state index is -0.335. The molecule has 2 aromatic carbocycles. The molecule has 3 aromatic rings. The molecule has 0 spiro atoms. The Hall–Kier alpha value is -1.47. The van der Waals surface area contributed by atoms with E-state index in [0.29, 0.717) is 49.7 Å². The van der Waals surface area contributed by atoms with Crippen LogP contribution in [-0.2, 0) is 18.9 Å². The zero-order chi connectivity index (χ0) is 19.4. The Kier molecular flexibility index (Phi) is 6.87. The SMILES string of the molecule is CCn1c(COc2ccc(Cl)cc2Cl)nnc1SCc1c(F)cccc1Cl. The van der Waals surface area contributed by atoms with Crippen LogP contribution in [-0.4, -0.2) is 14.8 Å². The summed E-state index contributed by atoms with van der Waals surface area (Å²) in [6.07, 6.45) is 0. The Morgan fingerprint density at radius 1 is 1.11 bits per heavy atom. The lowest BCUT2D eigenvalue weighted by atomic mass is 10.2. The van der Waals surface area contributed by atoms with Crippen LogP contribution in [0.5, 0.6) is 5.75 Å². The molecule has 1 heterocycles. The van der Waals surface area contributed by atoms with Crippen molar-refractivity contribution in [2.75, 3.05) is 0 Å². The van der Waals surface area contributed by atoms with Crippen molar-refractivity contribution in [3.05, 3.63) is 68.7 Å². The van der Waals surface area contributed by atoms with E-state index in [1.807, 2.05) is 11.5 Å². The summed E-state index contributed by atoms with van der Waals surface area (Å²) in [5, 5.41) is 10.4. The van der Waals surface area contributed by atoms with Gasteiger partial charge in [-0.3, -0.25) is 0 Å². The molecule has 0 aliphatic heterocycles. The van der Waals surface area contributed by atoms with E-state index in [-0.39, 0.29) is 12.4 Å². The van der Waals surface area contributed by atoms with E-state index < -0.39 is 0 Å². The van der Waals surface area contributed by atoms with E-state index in [4.69, 9.17) is 39.5 Å². The zero-order valence-corrected chi connectivity index (χ0v) is 17.3. The summed E-state index contributed by atoms with van der Waals surface area (Å²) < 4.78 is 21.6. The molecule has 0 aliphatic carbocycles. The molecule has 0 radical (unpaired) electrons. The van der Waals surface area contributed by atoms with Gasteiger partial charge in [-0.1, -0.05) is 52.6 Å². The summed E-state index contributed by atoms with van der Waals surface area (Å²) in [6.45, 7) is 2.82. The molecular formula is C18H15Cl3FN3OS. The number of hydrogen-bond acceptors (Lipinski definition) is 4. The van der Waals surface area contributed by atoms with Crippen LogP contribution >= 0.6 is 46.6 Å². The van der Waals surface area contributed by atoms with Crippen LogP contribution in [0.3, 0.4) is 0 Å². The lowest BCUT2D eigenvalue weighted by Crippen LogP contribution is -2.07. The number of rotatable bonds is 7. The van der Waals surface area contributed by atoms with Gasteiger partial charge in [0, 0.05) is 27.9 Å². The number of aromatic nitrogens is 3. The van der Waals surface area contributed by atoms with Gasteiger partial charge in [0.1, 0.15) is 18.2 Å². The minimum Gasteiger partial charge on any atom is -0.484 e. The summed E-state index contributed by atoms with van der Waals surface area (Å²) in [5.41, 5.74) is 0.445. The number of halogens is 4. The number of nitrogens with zero attached hydrogens (tertiary/aromatic N) is 3. The van der Waals surface area contributed by atoms with E-state index in [1.165, 1.54) is 17.8 Å². The standard InChI is InChI=1S/C18H15Cl3FN3OS/c1-2-25-17(9-26-16-7-6-11(19)8-14(16)21)23-24-18(25)27-10-12-13(20)4-3-5-15(12)22/h3-8H,2,9-10H2,1H3. The van der Waals surface area contributed by atoms with Crippen LogP contribution in [0, 0.1) is 5.82 Å². The van der Waals surface area contributed by atoms with E-state index in [1.54, 1.807) is 30.3 Å². The number of benzene rings is 2. The largest absolute Gasteiger partial charge is 0.484 e. The third-order valence-corrected chi connectivity index (χ3v) is 5.65. The van der Waals surface area contributed by atoms with Crippen molar-refractivity contribution >= 4 is 46.6 Å². The lowest BCUT2D eigenvalue weighted by molar-refractivity contribution is 0.288. The maximum absolute atomic E-state index is 13.9.